The number of rotatable bonds is 3. The minimum Gasteiger partial charge on any atom is -0.349 e. The first-order chi connectivity index (χ1) is 12.5. The van der Waals surface area contributed by atoms with E-state index in [4.69, 9.17) is 0 Å². The van der Waals surface area contributed by atoms with Crippen LogP contribution in [0.5, 0.6) is 0 Å². The highest BCUT2D eigenvalue weighted by atomic mass is 16.2. The summed E-state index contributed by atoms with van der Waals surface area (Å²) in [6.45, 7) is 1.33. The Kier molecular flexibility index (Phi) is 4.26. The zero-order valence-electron chi connectivity index (χ0n) is 15.2. The molecule has 26 heavy (non-hydrogen) atoms. The Labute approximate surface area is 152 Å². The van der Waals surface area contributed by atoms with Crippen LogP contribution in [0.15, 0.2) is 18.3 Å². The van der Waals surface area contributed by atoms with E-state index in [2.05, 4.69) is 15.5 Å². The van der Waals surface area contributed by atoms with Crippen molar-refractivity contribution in [2.24, 2.45) is 0 Å². The van der Waals surface area contributed by atoms with Gasteiger partial charge in [-0.15, -0.1) is 10.2 Å². The van der Waals surface area contributed by atoms with Gasteiger partial charge in [-0.3, -0.25) is 9.20 Å². The van der Waals surface area contributed by atoms with Gasteiger partial charge in [0, 0.05) is 45.3 Å². The lowest BCUT2D eigenvalue weighted by Crippen LogP contribution is -2.39. The normalized spacial score (nSPS) is 20.2. The molecule has 1 aliphatic carbocycles. The summed E-state index contributed by atoms with van der Waals surface area (Å²) in [5, 5.41) is 11.6. The van der Waals surface area contributed by atoms with Crippen molar-refractivity contribution >= 4 is 17.6 Å². The molecule has 8 heteroatoms. The summed E-state index contributed by atoms with van der Waals surface area (Å²) >= 11 is 0. The largest absolute Gasteiger partial charge is 0.349 e. The van der Waals surface area contributed by atoms with Gasteiger partial charge in [-0.1, -0.05) is 0 Å². The van der Waals surface area contributed by atoms with Crippen molar-refractivity contribution in [3.05, 3.63) is 29.7 Å². The summed E-state index contributed by atoms with van der Waals surface area (Å²) < 4.78 is 1.89. The second-order valence-corrected chi connectivity index (χ2v) is 7.41. The van der Waals surface area contributed by atoms with Crippen LogP contribution in [0, 0.1) is 0 Å². The summed E-state index contributed by atoms with van der Waals surface area (Å²) in [4.78, 5) is 28.0. The van der Waals surface area contributed by atoms with E-state index in [0.29, 0.717) is 24.7 Å². The van der Waals surface area contributed by atoms with E-state index in [1.165, 1.54) is 6.42 Å². The molecule has 2 fully saturated rings. The number of urea groups is 1. The Balaban J connectivity index is 1.55. The quantitative estimate of drug-likeness (QED) is 0.903. The Morgan fingerprint density at radius 1 is 1.19 bits per heavy atom. The number of likely N-dealkylation sites (tertiary alicyclic amines) is 1. The molecule has 0 unspecified atom stereocenters. The summed E-state index contributed by atoms with van der Waals surface area (Å²) in [5.41, 5.74) is 1.34. The number of amides is 3. The molecular formula is C18H24N6O2. The number of carbonyl (C=O) groups is 2. The van der Waals surface area contributed by atoms with Crippen LogP contribution in [-0.2, 0) is 0 Å². The Bertz CT molecular complexity index is 841. The maximum atomic E-state index is 12.4. The highest BCUT2D eigenvalue weighted by Gasteiger charge is 2.31. The van der Waals surface area contributed by atoms with E-state index in [-0.39, 0.29) is 17.9 Å². The van der Waals surface area contributed by atoms with Crippen LogP contribution in [0.2, 0.25) is 0 Å². The van der Waals surface area contributed by atoms with Gasteiger partial charge in [-0.25, -0.2) is 4.79 Å². The molecule has 2 aromatic heterocycles. The number of nitrogens with zero attached hydrogens (tertiary/aromatic N) is 5. The van der Waals surface area contributed by atoms with E-state index in [9.17, 15) is 9.59 Å². The third-order valence-electron chi connectivity index (χ3n) is 5.34. The van der Waals surface area contributed by atoms with E-state index in [1.807, 2.05) is 21.6 Å². The van der Waals surface area contributed by atoms with Gasteiger partial charge >= 0.3 is 6.03 Å². The van der Waals surface area contributed by atoms with Crippen LogP contribution in [0.25, 0.3) is 5.65 Å². The summed E-state index contributed by atoms with van der Waals surface area (Å²) in [6, 6.07) is 3.93. The molecule has 0 bridgehead atoms. The van der Waals surface area contributed by atoms with Crippen molar-refractivity contribution in [2.45, 2.75) is 37.6 Å². The van der Waals surface area contributed by atoms with Crippen LogP contribution >= 0.6 is 0 Å². The maximum absolute atomic E-state index is 12.4. The number of hydrogen-bond donors (Lipinski definition) is 1. The molecule has 2 aliphatic rings. The molecule has 1 aliphatic heterocycles. The monoisotopic (exact) mass is 356 g/mol. The fourth-order valence-corrected chi connectivity index (χ4v) is 3.57. The summed E-state index contributed by atoms with van der Waals surface area (Å²) in [7, 11) is 3.52. The van der Waals surface area contributed by atoms with Crippen molar-refractivity contribution in [3.63, 3.8) is 0 Å². The SMILES string of the molecule is CN(C)C(=O)N1CC[C@H](c2nnc3ccc(C(=O)NC4CCC4)cn23)C1. The van der Waals surface area contributed by atoms with Gasteiger partial charge < -0.3 is 15.1 Å². The standard InChI is InChI=1S/C18H24N6O2/c1-22(2)18(26)23-9-8-12(10-23)16-21-20-15-7-6-13(11-24(15)16)17(25)19-14-4-3-5-14/h6-7,11-12,14H,3-5,8-10H2,1-2H3,(H,19,25)/t12-/m0/s1. The molecule has 0 aromatic carbocycles. The summed E-state index contributed by atoms with van der Waals surface area (Å²) in [6.07, 6.45) is 5.96. The van der Waals surface area contributed by atoms with Gasteiger partial charge in [0.25, 0.3) is 5.91 Å². The fourth-order valence-electron chi connectivity index (χ4n) is 3.57. The minimum atomic E-state index is -0.0490. The molecule has 8 nitrogen and oxygen atoms in total. The van der Waals surface area contributed by atoms with Gasteiger partial charge in [-0.05, 0) is 37.8 Å². The first-order valence-corrected chi connectivity index (χ1v) is 9.14. The molecule has 1 saturated carbocycles. The Hall–Kier alpha value is -2.64. The fraction of sp³-hybridized carbons (Fsp3) is 0.556. The Morgan fingerprint density at radius 3 is 2.69 bits per heavy atom. The highest BCUT2D eigenvalue weighted by Crippen LogP contribution is 2.27. The molecule has 138 valence electrons. The first-order valence-electron chi connectivity index (χ1n) is 9.14. The van der Waals surface area contributed by atoms with E-state index >= 15 is 0 Å². The third kappa shape index (κ3) is 3.00. The second kappa shape index (κ2) is 6.59. The molecule has 0 spiro atoms. The number of carbonyl (C=O) groups excluding carboxylic acids is 2. The van der Waals surface area contributed by atoms with Gasteiger partial charge in [0.15, 0.2) is 5.65 Å². The number of pyridine rings is 1. The molecule has 2 aromatic rings. The minimum absolute atomic E-state index is 0.0156. The Morgan fingerprint density at radius 2 is 2.00 bits per heavy atom. The highest BCUT2D eigenvalue weighted by molar-refractivity contribution is 5.94. The maximum Gasteiger partial charge on any atom is 0.319 e. The molecule has 3 amide bonds. The smallest absolute Gasteiger partial charge is 0.319 e. The van der Waals surface area contributed by atoms with Crippen LogP contribution in [0.4, 0.5) is 4.79 Å². The van der Waals surface area contributed by atoms with Crippen molar-refractivity contribution in [1.29, 1.82) is 0 Å². The van der Waals surface area contributed by atoms with Crippen LogP contribution < -0.4 is 5.32 Å². The number of hydrogen-bond acceptors (Lipinski definition) is 4. The lowest BCUT2D eigenvalue weighted by molar-refractivity contribution is 0.0916. The molecule has 4 rings (SSSR count). The zero-order valence-corrected chi connectivity index (χ0v) is 15.2. The van der Waals surface area contributed by atoms with Crippen molar-refractivity contribution in [3.8, 4) is 0 Å². The molecule has 1 N–H and O–H groups in total. The van der Waals surface area contributed by atoms with Crippen molar-refractivity contribution < 1.29 is 9.59 Å². The number of nitrogens with one attached hydrogen (secondary N) is 1. The third-order valence-corrected chi connectivity index (χ3v) is 5.34. The lowest BCUT2D eigenvalue weighted by atomic mass is 9.93. The zero-order chi connectivity index (χ0) is 18.3. The van der Waals surface area contributed by atoms with Crippen molar-refractivity contribution in [2.75, 3.05) is 27.2 Å². The van der Waals surface area contributed by atoms with Gasteiger partial charge in [0.2, 0.25) is 0 Å². The molecule has 1 atom stereocenters. The van der Waals surface area contributed by atoms with Gasteiger partial charge in [0.1, 0.15) is 5.82 Å². The molecular weight excluding hydrogens is 332 g/mol. The van der Waals surface area contributed by atoms with Crippen LogP contribution in [0.1, 0.15) is 47.8 Å². The van der Waals surface area contributed by atoms with Gasteiger partial charge in [0.05, 0.1) is 5.56 Å². The second-order valence-electron chi connectivity index (χ2n) is 7.41. The van der Waals surface area contributed by atoms with Crippen molar-refractivity contribution in [1.82, 2.24) is 29.7 Å². The van der Waals surface area contributed by atoms with Crippen LogP contribution in [-0.4, -0.2) is 69.6 Å². The van der Waals surface area contributed by atoms with E-state index in [0.717, 1.165) is 30.7 Å². The first kappa shape index (κ1) is 16.8. The predicted octanol–water partition coefficient (Wildman–Crippen LogP) is 1.48. The number of fused-ring (bicyclic) bond motifs is 1. The van der Waals surface area contributed by atoms with E-state index in [1.54, 1.807) is 25.1 Å². The van der Waals surface area contributed by atoms with Crippen LogP contribution in [0.3, 0.4) is 0 Å². The average Bonchev–Trinajstić information content (AvgIpc) is 3.22. The van der Waals surface area contributed by atoms with E-state index < -0.39 is 0 Å². The molecule has 3 heterocycles. The topological polar surface area (TPSA) is 82.8 Å². The summed E-state index contributed by atoms with van der Waals surface area (Å²) in [5.74, 6) is 0.887. The average molecular weight is 356 g/mol. The predicted molar refractivity (Wildman–Crippen MR) is 96.1 cm³/mol. The molecule has 1 saturated heterocycles. The number of aromatic nitrogens is 3. The molecule has 0 radical (unpaired) electrons. The lowest BCUT2D eigenvalue weighted by Gasteiger charge is -2.26. The van der Waals surface area contributed by atoms with Gasteiger partial charge in [-0.2, -0.15) is 0 Å².